The highest BCUT2D eigenvalue weighted by Crippen LogP contribution is 2.24. The lowest BCUT2D eigenvalue weighted by Crippen LogP contribution is -2.03. The van der Waals surface area contributed by atoms with Gasteiger partial charge in [0.15, 0.2) is 0 Å². The molecule has 3 aromatic rings. The zero-order valence-corrected chi connectivity index (χ0v) is 15.5. The first-order valence-corrected chi connectivity index (χ1v) is 8.79. The minimum Gasteiger partial charge on any atom is -0.423 e. The van der Waals surface area contributed by atoms with Crippen molar-refractivity contribution in [1.82, 2.24) is 0 Å². The Labute approximate surface area is 170 Å². The van der Waals surface area contributed by atoms with Crippen LogP contribution in [-0.2, 0) is 4.79 Å². The molecule has 0 bridgehead atoms. The Morgan fingerprint density at radius 2 is 1.33 bits per heavy atom. The van der Waals surface area contributed by atoms with E-state index in [4.69, 9.17) is 4.74 Å². The van der Waals surface area contributed by atoms with E-state index in [0.717, 1.165) is 0 Å². The molecular weight excluding hydrogens is 392 g/mol. The molecule has 0 aromatic heterocycles. The summed E-state index contributed by atoms with van der Waals surface area (Å²) in [5.41, 5.74) is 1.89. The first kappa shape index (κ1) is 20.6. The number of nitro groups is 1. The number of nitro benzene ring substituents is 1. The molecule has 0 radical (unpaired) electrons. The monoisotopic (exact) mass is 407 g/mol. The molecule has 3 aromatic carbocycles. The molecular formula is C23H15F2NO4. The molecule has 0 aliphatic carbocycles. The number of allylic oxidation sites excluding steroid dienone is 2. The molecule has 0 amide bonds. The van der Waals surface area contributed by atoms with Crippen LogP contribution in [0.25, 0.3) is 5.57 Å². The molecule has 5 nitrogen and oxygen atoms in total. The summed E-state index contributed by atoms with van der Waals surface area (Å²) in [5.74, 6) is -1.30. The molecule has 0 saturated heterocycles. The zero-order chi connectivity index (χ0) is 21.5. The van der Waals surface area contributed by atoms with Gasteiger partial charge in [-0.3, -0.25) is 10.1 Å². The van der Waals surface area contributed by atoms with Gasteiger partial charge in [-0.05, 0) is 53.1 Å². The summed E-state index contributed by atoms with van der Waals surface area (Å²) in [5, 5.41) is 10.6. The van der Waals surface area contributed by atoms with Gasteiger partial charge in [0.2, 0.25) is 0 Å². The molecule has 150 valence electrons. The van der Waals surface area contributed by atoms with Crippen molar-refractivity contribution in [1.29, 1.82) is 0 Å². The number of hydrogen-bond acceptors (Lipinski definition) is 4. The fourth-order valence-corrected chi connectivity index (χ4v) is 2.63. The fraction of sp³-hybridized carbons (Fsp3) is 0. The van der Waals surface area contributed by atoms with Crippen molar-refractivity contribution < 1.29 is 23.2 Å². The van der Waals surface area contributed by atoms with Crippen molar-refractivity contribution in [2.45, 2.75) is 0 Å². The van der Waals surface area contributed by atoms with Crippen LogP contribution in [0.15, 0.2) is 91.0 Å². The Hall–Kier alpha value is -4.13. The van der Waals surface area contributed by atoms with Crippen molar-refractivity contribution in [2.75, 3.05) is 0 Å². The number of ether oxygens (including phenoxy) is 1. The van der Waals surface area contributed by atoms with E-state index in [9.17, 15) is 23.7 Å². The van der Waals surface area contributed by atoms with E-state index in [1.807, 2.05) is 0 Å². The number of rotatable bonds is 6. The summed E-state index contributed by atoms with van der Waals surface area (Å²) in [4.78, 5) is 22.1. The summed E-state index contributed by atoms with van der Waals surface area (Å²) < 4.78 is 31.6. The van der Waals surface area contributed by atoms with Gasteiger partial charge in [0.1, 0.15) is 17.4 Å². The summed E-state index contributed by atoms with van der Waals surface area (Å²) in [6.45, 7) is 0. The Morgan fingerprint density at radius 3 is 1.80 bits per heavy atom. The van der Waals surface area contributed by atoms with Gasteiger partial charge in [-0.2, -0.15) is 0 Å². The highest BCUT2D eigenvalue weighted by Gasteiger charge is 2.07. The number of hydrogen-bond donors (Lipinski definition) is 0. The normalized spacial score (nSPS) is 10.6. The summed E-state index contributed by atoms with van der Waals surface area (Å²) in [6.07, 6.45) is 4.25. The Bertz CT molecular complexity index is 1060. The third-order valence-electron chi connectivity index (χ3n) is 4.07. The van der Waals surface area contributed by atoms with E-state index in [0.29, 0.717) is 16.7 Å². The van der Waals surface area contributed by atoms with Crippen LogP contribution in [0.5, 0.6) is 5.75 Å². The third-order valence-corrected chi connectivity index (χ3v) is 4.07. The van der Waals surface area contributed by atoms with Gasteiger partial charge < -0.3 is 4.74 Å². The summed E-state index contributed by atoms with van der Waals surface area (Å²) >= 11 is 0. The number of halogens is 2. The van der Waals surface area contributed by atoms with Crippen LogP contribution in [0.4, 0.5) is 14.5 Å². The second-order valence-electron chi connectivity index (χ2n) is 6.13. The largest absolute Gasteiger partial charge is 0.423 e. The lowest BCUT2D eigenvalue weighted by atomic mass is 9.97. The summed E-state index contributed by atoms with van der Waals surface area (Å²) in [7, 11) is 0. The van der Waals surface area contributed by atoms with E-state index in [2.05, 4.69) is 0 Å². The van der Waals surface area contributed by atoms with Crippen molar-refractivity contribution in [3.05, 3.63) is 124 Å². The lowest BCUT2D eigenvalue weighted by Gasteiger charge is -2.08. The van der Waals surface area contributed by atoms with Crippen LogP contribution in [0.2, 0.25) is 0 Å². The molecule has 0 aliphatic heterocycles. The standard InChI is InChI=1S/C23H15F2NO4/c24-18-8-4-16(5-9-18)22(17-6-10-19(25)11-7-17)2-1-3-23(27)30-21-14-12-20(13-15-21)26(28)29/h1-15H. The highest BCUT2D eigenvalue weighted by atomic mass is 19.1. The molecule has 0 N–H and O–H groups in total. The second kappa shape index (κ2) is 9.38. The van der Waals surface area contributed by atoms with Gasteiger partial charge in [-0.15, -0.1) is 0 Å². The van der Waals surface area contributed by atoms with E-state index in [-0.39, 0.29) is 23.1 Å². The van der Waals surface area contributed by atoms with Crippen molar-refractivity contribution >= 4 is 17.2 Å². The Balaban J connectivity index is 1.79. The minimum absolute atomic E-state index is 0.114. The molecule has 0 atom stereocenters. The van der Waals surface area contributed by atoms with Gasteiger partial charge in [-0.1, -0.05) is 36.4 Å². The van der Waals surface area contributed by atoms with Crippen LogP contribution < -0.4 is 4.74 Å². The first-order valence-electron chi connectivity index (χ1n) is 8.79. The quantitative estimate of drug-likeness (QED) is 0.136. The van der Waals surface area contributed by atoms with Gasteiger partial charge in [0, 0.05) is 18.2 Å². The number of non-ortho nitro benzene ring substituents is 1. The van der Waals surface area contributed by atoms with E-state index in [1.165, 1.54) is 60.7 Å². The number of nitrogens with zero attached hydrogens (tertiary/aromatic N) is 1. The minimum atomic E-state index is -0.683. The number of carbonyl (C=O) groups is 1. The molecule has 0 saturated carbocycles. The van der Waals surface area contributed by atoms with Crippen molar-refractivity contribution in [2.24, 2.45) is 0 Å². The fourth-order valence-electron chi connectivity index (χ4n) is 2.63. The number of benzene rings is 3. The third kappa shape index (κ3) is 5.45. The maximum atomic E-state index is 13.3. The number of carbonyl (C=O) groups excluding carboxylic acids is 1. The molecule has 0 heterocycles. The topological polar surface area (TPSA) is 69.4 Å². The maximum absolute atomic E-state index is 13.3. The lowest BCUT2D eigenvalue weighted by molar-refractivity contribution is -0.384. The SMILES string of the molecule is O=C(C=CC=C(c1ccc(F)cc1)c1ccc(F)cc1)Oc1ccc([N+](=O)[O-])cc1. The van der Waals surface area contributed by atoms with Gasteiger partial charge in [0.05, 0.1) is 4.92 Å². The van der Waals surface area contributed by atoms with Crippen LogP contribution in [0.1, 0.15) is 11.1 Å². The predicted octanol–water partition coefficient (Wildman–Crippen LogP) is 5.47. The molecule has 7 heteroatoms. The summed E-state index contributed by atoms with van der Waals surface area (Å²) in [6, 6.07) is 16.6. The van der Waals surface area contributed by atoms with Crippen LogP contribution in [0, 0.1) is 21.7 Å². The number of esters is 1. The Kier molecular flexibility index (Phi) is 6.44. The molecule has 3 rings (SSSR count). The molecule has 0 fully saturated rings. The van der Waals surface area contributed by atoms with Gasteiger partial charge >= 0.3 is 5.97 Å². The zero-order valence-electron chi connectivity index (χ0n) is 15.5. The average molecular weight is 407 g/mol. The molecule has 0 spiro atoms. The van der Waals surface area contributed by atoms with Crippen LogP contribution >= 0.6 is 0 Å². The van der Waals surface area contributed by atoms with E-state index >= 15 is 0 Å². The Morgan fingerprint density at radius 1 is 0.833 bits per heavy atom. The van der Waals surface area contributed by atoms with Crippen LogP contribution in [0.3, 0.4) is 0 Å². The van der Waals surface area contributed by atoms with Gasteiger partial charge in [-0.25, -0.2) is 13.6 Å². The molecule has 0 unspecified atom stereocenters. The van der Waals surface area contributed by atoms with Crippen molar-refractivity contribution in [3.8, 4) is 5.75 Å². The maximum Gasteiger partial charge on any atom is 0.336 e. The molecule has 0 aliphatic rings. The first-order chi connectivity index (χ1) is 14.4. The average Bonchev–Trinajstić information content (AvgIpc) is 2.73. The van der Waals surface area contributed by atoms with Gasteiger partial charge in [0.25, 0.3) is 5.69 Å². The van der Waals surface area contributed by atoms with E-state index in [1.54, 1.807) is 30.3 Å². The van der Waals surface area contributed by atoms with Crippen LogP contribution in [-0.4, -0.2) is 10.9 Å². The second-order valence-corrected chi connectivity index (χ2v) is 6.13. The smallest absolute Gasteiger partial charge is 0.336 e. The van der Waals surface area contributed by atoms with E-state index < -0.39 is 10.9 Å². The predicted molar refractivity (Wildman–Crippen MR) is 108 cm³/mol. The molecule has 30 heavy (non-hydrogen) atoms. The van der Waals surface area contributed by atoms with Crippen molar-refractivity contribution in [3.63, 3.8) is 0 Å². The highest BCUT2D eigenvalue weighted by molar-refractivity contribution is 5.86.